The van der Waals surface area contributed by atoms with Gasteiger partial charge in [-0.05, 0) is 26.0 Å². The lowest BCUT2D eigenvalue weighted by Crippen LogP contribution is -2.23. The van der Waals surface area contributed by atoms with Crippen LogP contribution in [0.1, 0.15) is 19.5 Å². The lowest BCUT2D eigenvalue weighted by Gasteiger charge is -2.13. The summed E-state index contributed by atoms with van der Waals surface area (Å²) >= 11 is 0. The van der Waals surface area contributed by atoms with E-state index in [2.05, 4.69) is 15.5 Å². The summed E-state index contributed by atoms with van der Waals surface area (Å²) in [4.78, 5) is 4.34. The highest BCUT2D eigenvalue weighted by Gasteiger charge is 2.09. The number of aromatic nitrogens is 1. The van der Waals surface area contributed by atoms with Crippen LogP contribution in [0.2, 0.25) is 0 Å². The fourth-order valence-corrected chi connectivity index (χ4v) is 2.61. The van der Waals surface area contributed by atoms with E-state index < -0.39 is 0 Å². The second kappa shape index (κ2) is 9.45. The molecule has 0 amide bonds. The van der Waals surface area contributed by atoms with Gasteiger partial charge in [-0.15, -0.1) is 0 Å². The average Bonchev–Trinajstić information content (AvgIpc) is 3.19. The van der Waals surface area contributed by atoms with Crippen molar-refractivity contribution in [2.75, 3.05) is 18.5 Å². The zero-order valence-corrected chi connectivity index (χ0v) is 16.0. The van der Waals surface area contributed by atoms with Crippen molar-refractivity contribution in [2.24, 2.45) is 10.7 Å². The molecule has 0 aliphatic heterocycles. The summed E-state index contributed by atoms with van der Waals surface area (Å²) in [6.45, 7) is 5.27. The van der Waals surface area contributed by atoms with Gasteiger partial charge in [0.25, 0.3) is 0 Å². The van der Waals surface area contributed by atoms with E-state index in [1.165, 1.54) is 0 Å². The van der Waals surface area contributed by atoms with E-state index in [0.717, 1.165) is 11.3 Å². The Morgan fingerprint density at radius 3 is 2.61 bits per heavy atom. The van der Waals surface area contributed by atoms with Crippen LogP contribution in [0, 0.1) is 0 Å². The molecule has 7 heteroatoms. The summed E-state index contributed by atoms with van der Waals surface area (Å²) in [5.74, 6) is 2.35. The van der Waals surface area contributed by atoms with E-state index in [1.807, 2.05) is 68.4 Å². The van der Waals surface area contributed by atoms with Gasteiger partial charge >= 0.3 is 0 Å². The van der Waals surface area contributed by atoms with Crippen LogP contribution in [0.5, 0.6) is 11.5 Å². The number of hydrogen-bond acceptors (Lipinski definition) is 5. The number of aliphatic imine (C=N–C) groups is 1. The number of nitrogens with two attached hydrogens (primary N) is 1. The minimum Gasteiger partial charge on any atom is -0.494 e. The third-order valence-corrected chi connectivity index (χ3v) is 3.85. The molecule has 1 aromatic heterocycles. The van der Waals surface area contributed by atoms with Gasteiger partial charge in [0.2, 0.25) is 0 Å². The van der Waals surface area contributed by atoms with Crippen molar-refractivity contribution in [1.29, 1.82) is 0 Å². The number of rotatable bonds is 8. The molecule has 7 nitrogen and oxygen atoms in total. The standard InChI is InChI=1S/C21H24N4O3/c1-3-26-17-10-11-19(27-4-2)18(13-17)24-21(22)23-14-16-12-20(28-25-16)15-8-6-5-7-9-15/h5-13H,3-4,14H2,1-2H3,(H3,22,23,24). The van der Waals surface area contributed by atoms with Crippen LogP contribution < -0.4 is 20.5 Å². The van der Waals surface area contributed by atoms with Crippen LogP contribution in [0.3, 0.4) is 0 Å². The van der Waals surface area contributed by atoms with Crippen LogP contribution in [0.4, 0.5) is 5.69 Å². The maximum Gasteiger partial charge on any atom is 0.193 e. The molecule has 1 heterocycles. The second-order valence-electron chi connectivity index (χ2n) is 5.90. The van der Waals surface area contributed by atoms with Gasteiger partial charge in [-0.25, -0.2) is 4.99 Å². The summed E-state index contributed by atoms with van der Waals surface area (Å²) in [7, 11) is 0. The molecule has 0 fully saturated rings. The third kappa shape index (κ3) is 5.03. The molecule has 0 aliphatic rings. The Morgan fingerprint density at radius 2 is 1.86 bits per heavy atom. The van der Waals surface area contributed by atoms with Crippen molar-refractivity contribution in [2.45, 2.75) is 20.4 Å². The van der Waals surface area contributed by atoms with Crippen molar-refractivity contribution >= 4 is 11.6 Å². The summed E-state index contributed by atoms with van der Waals surface area (Å²) in [6.07, 6.45) is 0. The fourth-order valence-electron chi connectivity index (χ4n) is 2.61. The van der Waals surface area contributed by atoms with E-state index in [0.29, 0.717) is 42.6 Å². The van der Waals surface area contributed by atoms with Crippen LogP contribution in [-0.2, 0) is 6.54 Å². The molecule has 2 aromatic carbocycles. The Bertz CT molecular complexity index is 922. The molecule has 0 atom stereocenters. The zero-order chi connectivity index (χ0) is 19.8. The molecule has 0 bridgehead atoms. The number of nitrogens with one attached hydrogen (secondary N) is 1. The summed E-state index contributed by atoms with van der Waals surface area (Å²) in [6, 6.07) is 17.2. The van der Waals surface area contributed by atoms with Crippen molar-refractivity contribution in [3.8, 4) is 22.8 Å². The number of anilines is 1. The molecular formula is C21H24N4O3. The smallest absolute Gasteiger partial charge is 0.193 e. The molecule has 0 spiro atoms. The highest BCUT2D eigenvalue weighted by molar-refractivity contribution is 5.94. The molecule has 0 saturated carbocycles. The minimum absolute atomic E-state index is 0.249. The summed E-state index contributed by atoms with van der Waals surface area (Å²) in [5.41, 5.74) is 8.39. The Balaban J connectivity index is 1.69. The monoisotopic (exact) mass is 380 g/mol. The molecule has 3 rings (SSSR count). The van der Waals surface area contributed by atoms with Gasteiger partial charge in [0, 0.05) is 17.7 Å². The zero-order valence-electron chi connectivity index (χ0n) is 16.0. The van der Waals surface area contributed by atoms with E-state index in [-0.39, 0.29) is 5.96 Å². The van der Waals surface area contributed by atoms with Gasteiger partial charge in [-0.1, -0.05) is 35.5 Å². The van der Waals surface area contributed by atoms with Gasteiger partial charge in [0.05, 0.1) is 25.4 Å². The van der Waals surface area contributed by atoms with Gasteiger partial charge < -0.3 is 25.0 Å². The number of hydrogen-bond donors (Lipinski definition) is 2. The number of benzene rings is 2. The van der Waals surface area contributed by atoms with E-state index in [9.17, 15) is 0 Å². The maximum absolute atomic E-state index is 6.04. The Kier molecular flexibility index (Phi) is 6.51. The average molecular weight is 380 g/mol. The molecule has 0 aliphatic carbocycles. The van der Waals surface area contributed by atoms with Crippen molar-refractivity contribution in [3.05, 3.63) is 60.3 Å². The molecular weight excluding hydrogens is 356 g/mol. The van der Waals surface area contributed by atoms with Gasteiger partial charge in [-0.2, -0.15) is 0 Å². The Labute approximate surface area is 164 Å². The molecule has 28 heavy (non-hydrogen) atoms. The summed E-state index contributed by atoms with van der Waals surface area (Å²) in [5, 5.41) is 7.11. The maximum atomic E-state index is 6.04. The Hall–Kier alpha value is -3.48. The molecule has 0 unspecified atom stereocenters. The lowest BCUT2D eigenvalue weighted by atomic mass is 10.2. The third-order valence-electron chi connectivity index (χ3n) is 3.85. The first kappa shape index (κ1) is 19.3. The molecule has 0 radical (unpaired) electrons. The van der Waals surface area contributed by atoms with E-state index >= 15 is 0 Å². The lowest BCUT2D eigenvalue weighted by molar-refractivity contribution is 0.332. The first-order chi connectivity index (χ1) is 13.7. The van der Waals surface area contributed by atoms with Crippen molar-refractivity contribution < 1.29 is 14.0 Å². The van der Waals surface area contributed by atoms with Crippen LogP contribution in [0.15, 0.2) is 64.1 Å². The first-order valence-electron chi connectivity index (χ1n) is 9.17. The SMILES string of the molecule is CCOc1ccc(OCC)c(NC(N)=NCc2cc(-c3ccccc3)on2)c1. The number of guanidine groups is 1. The normalized spacial score (nSPS) is 11.3. The van der Waals surface area contributed by atoms with Crippen LogP contribution in [0.25, 0.3) is 11.3 Å². The molecule has 0 saturated heterocycles. The van der Waals surface area contributed by atoms with Crippen molar-refractivity contribution in [3.63, 3.8) is 0 Å². The van der Waals surface area contributed by atoms with Gasteiger partial charge in [0.1, 0.15) is 17.2 Å². The van der Waals surface area contributed by atoms with E-state index in [4.69, 9.17) is 19.7 Å². The van der Waals surface area contributed by atoms with E-state index in [1.54, 1.807) is 0 Å². The largest absolute Gasteiger partial charge is 0.494 e. The highest BCUT2D eigenvalue weighted by Crippen LogP contribution is 2.29. The number of nitrogens with zero attached hydrogens (tertiary/aromatic N) is 2. The van der Waals surface area contributed by atoms with Crippen LogP contribution >= 0.6 is 0 Å². The first-order valence-corrected chi connectivity index (χ1v) is 9.17. The quantitative estimate of drug-likeness (QED) is 0.452. The van der Waals surface area contributed by atoms with Crippen molar-refractivity contribution in [1.82, 2.24) is 5.16 Å². The second-order valence-corrected chi connectivity index (χ2v) is 5.90. The van der Waals surface area contributed by atoms with Crippen LogP contribution in [-0.4, -0.2) is 24.3 Å². The summed E-state index contributed by atoms with van der Waals surface area (Å²) < 4.78 is 16.5. The minimum atomic E-state index is 0.249. The Morgan fingerprint density at radius 1 is 1.07 bits per heavy atom. The van der Waals surface area contributed by atoms with Gasteiger partial charge in [0.15, 0.2) is 11.7 Å². The topological polar surface area (TPSA) is 94.9 Å². The number of ether oxygens (including phenoxy) is 2. The molecule has 3 N–H and O–H groups in total. The predicted octanol–water partition coefficient (Wildman–Crippen LogP) is 4.07. The predicted molar refractivity (Wildman–Crippen MR) is 110 cm³/mol. The fraction of sp³-hybridized carbons (Fsp3) is 0.238. The van der Waals surface area contributed by atoms with Gasteiger partial charge in [-0.3, -0.25) is 0 Å². The molecule has 146 valence electrons. The molecule has 3 aromatic rings. The highest BCUT2D eigenvalue weighted by atomic mass is 16.5.